The first-order valence-electron chi connectivity index (χ1n) is 7.96. The normalized spacial score (nSPS) is 28.8. The van der Waals surface area contributed by atoms with Crippen molar-refractivity contribution < 1.29 is 9.90 Å². The molecule has 2 N–H and O–H groups in total. The van der Waals surface area contributed by atoms with E-state index >= 15 is 0 Å². The first-order valence-corrected chi connectivity index (χ1v) is 7.96. The molecule has 1 aliphatic heterocycles. The number of benzene rings is 1. The van der Waals surface area contributed by atoms with Crippen molar-refractivity contribution in [3.63, 3.8) is 0 Å². The van der Waals surface area contributed by atoms with E-state index in [9.17, 15) is 9.90 Å². The van der Waals surface area contributed by atoms with Gasteiger partial charge in [-0.05, 0) is 24.8 Å². The van der Waals surface area contributed by atoms with E-state index in [0.717, 1.165) is 31.2 Å². The Morgan fingerprint density at radius 3 is 2.90 bits per heavy atom. The molecule has 1 aromatic rings. The molecule has 1 saturated carbocycles. The van der Waals surface area contributed by atoms with E-state index in [1.807, 2.05) is 35.2 Å². The van der Waals surface area contributed by atoms with Crippen molar-refractivity contribution >= 4 is 6.03 Å². The topological polar surface area (TPSA) is 52.6 Å². The fourth-order valence-corrected chi connectivity index (χ4v) is 3.64. The number of carbonyl (C=O) groups excluding carboxylic acids is 1. The monoisotopic (exact) mass is 288 g/mol. The molecular weight excluding hydrogens is 264 g/mol. The zero-order chi connectivity index (χ0) is 14.7. The predicted octanol–water partition coefficient (Wildman–Crippen LogP) is 2.52. The van der Waals surface area contributed by atoms with Gasteiger partial charge < -0.3 is 15.3 Å². The quantitative estimate of drug-likeness (QED) is 0.878. The molecule has 1 saturated heterocycles. The molecule has 1 heterocycles. The smallest absolute Gasteiger partial charge is 0.317 e. The molecule has 1 aromatic carbocycles. The summed E-state index contributed by atoms with van der Waals surface area (Å²) in [4.78, 5) is 14.2. The van der Waals surface area contributed by atoms with Crippen LogP contribution in [0.5, 0.6) is 0 Å². The number of urea groups is 1. The number of piperidine rings is 1. The van der Waals surface area contributed by atoms with Crippen LogP contribution in [0.3, 0.4) is 0 Å². The summed E-state index contributed by atoms with van der Waals surface area (Å²) in [6.45, 7) is 1.91. The van der Waals surface area contributed by atoms with Crippen LogP contribution in [0, 0.1) is 5.92 Å². The Morgan fingerprint density at radius 2 is 2.10 bits per heavy atom. The summed E-state index contributed by atoms with van der Waals surface area (Å²) >= 11 is 0. The molecule has 0 spiro atoms. The summed E-state index contributed by atoms with van der Waals surface area (Å²) in [6.07, 6.45) is 4.95. The van der Waals surface area contributed by atoms with Crippen LogP contribution < -0.4 is 5.32 Å². The molecule has 0 aromatic heterocycles. The van der Waals surface area contributed by atoms with E-state index in [1.165, 1.54) is 6.42 Å². The largest absolute Gasteiger partial charge is 0.389 e. The number of aliphatic hydroxyl groups is 1. The first kappa shape index (κ1) is 14.4. The Bertz CT molecular complexity index is 491. The molecule has 2 fully saturated rings. The summed E-state index contributed by atoms with van der Waals surface area (Å²) in [6, 6.07) is 9.94. The second-order valence-corrected chi connectivity index (χ2v) is 6.39. The highest BCUT2D eigenvalue weighted by atomic mass is 16.3. The molecular formula is C17H24N2O2. The van der Waals surface area contributed by atoms with Crippen molar-refractivity contribution in [3.05, 3.63) is 35.9 Å². The molecule has 0 radical (unpaired) electrons. The van der Waals surface area contributed by atoms with Gasteiger partial charge in [0.15, 0.2) is 0 Å². The Kier molecular flexibility index (Phi) is 4.15. The van der Waals surface area contributed by atoms with Gasteiger partial charge >= 0.3 is 6.03 Å². The highest BCUT2D eigenvalue weighted by molar-refractivity contribution is 5.74. The molecule has 21 heavy (non-hydrogen) atoms. The van der Waals surface area contributed by atoms with Crippen molar-refractivity contribution in [2.75, 3.05) is 13.1 Å². The second kappa shape index (κ2) is 6.06. The SMILES string of the molecule is O=C(NCc1ccccc1)N1CCC2(O)CCCCC2C1. The highest BCUT2D eigenvalue weighted by Gasteiger charge is 2.43. The molecule has 0 bridgehead atoms. The van der Waals surface area contributed by atoms with Crippen LogP contribution >= 0.6 is 0 Å². The number of rotatable bonds is 2. The molecule has 4 heteroatoms. The number of nitrogens with one attached hydrogen (secondary N) is 1. The fraction of sp³-hybridized carbons (Fsp3) is 0.588. The van der Waals surface area contributed by atoms with Crippen LogP contribution in [0.4, 0.5) is 4.79 Å². The van der Waals surface area contributed by atoms with Crippen LogP contribution in [-0.4, -0.2) is 34.7 Å². The zero-order valence-corrected chi connectivity index (χ0v) is 12.4. The van der Waals surface area contributed by atoms with E-state index in [2.05, 4.69) is 5.32 Å². The Hall–Kier alpha value is -1.55. The van der Waals surface area contributed by atoms with Crippen molar-refractivity contribution in [2.45, 2.75) is 44.2 Å². The van der Waals surface area contributed by atoms with Crippen LogP contribution in [0.2, 0.25) is 0 Å². The van der Waals surface area contributed by atoms with Crippen molar-refractivity contribution in [1.29, 1.82) is 0 Å². The molecule has 4 nitrogen and oxygen atoms in total. The molecule has 3 rings (SSSR count). The summed E-state index contributed by atoms with van der Waals surface area (Å²) in [7, 11) is 0. The lowest BCUT2D eigenvalue weighted by molar-refractivity contribution is -0.0870. The van der Waals surface area contributed by atoms with Gasteiger partial charge in [-0.2, -0.15) is 0 Å². The molecule has 2 atom stereocenters. The van der Waals surface area contributed by atoms with E-state index < -0.39 is 5.60 Å². The van der Waals surface area contributed by atoms with Gasteiger partial charge in [0, 0.05) is 25.6 Å². The standard InChI is InChI=1S/C17H24N2O2/c20-16(18-12-14-6-2-1-3-7-14)19-11-10-17(21)9-5-4-8-15(17)13-19/h1-3,6-7,15,21H,4-5,8-13H2,(H,18,20). The molecule has 2 unspecified atom stereocenters. The third kappa shape index (κ3) is 3.21. The Labute approximate surface area is 126 Å². The van der Waals surface area contributed by atoms with E-state index in [0.29, 0.717) is 19.6 Å². The van der Waals surface area contributed by atoms with Gasteiger partial charge in [-0.15, -0.1) is 0 Å². The van der Waals surface area contributed by atoms with Gasteiger partial charge in [0.25, 0.3) is 0 Å². The first-order chi connectivity index (χ1) is 10.2. The predicted molar refractivity (Wildman–Crippen MR) is 81.8 cm³/mol. The van der Waals surface area contributed by atoms with Crippen molar-refractivity contribution in [3.8, 4) is 0 Å². The van der Waals surface area contributed by atoms with Crippen LogP contribution in [0.25, 0.3) is 0 Å². The number of fused-ring (bicyclic) bond motifs is 1. The molecule has 1 aliphatic carbocycles. The maximum Gasteiger partial charge on any atom is 0.317 e. The van der Waals surface area contributed by atoms with Crippen molar-refractivity contribution in [2.24, 2.45) is 5.92 Å². The summed E-state index contributed by atoms with van der Waals surface area (Å²) in [5, 5.41) is 13.6. The summed E-state index contributed by atoms with van der Waals surface area (Å²) < 4.78 is 0. The van der Waals surface area contributed by atoms with Gasteiger partial charge in [0.2, 0.25) is 0 Å². The summed E-state index contributed by atoms with van der Waals surface area (Å²) in [5.41, 5.74) is 0.589. The Morgan fingerprint density at radius 1 is 1.29 bits per heavy atom. The summed E-state index contributed by atoms with van der Waals surface area (Å²) in [5.74, 6) is 0.252. The zero-order valence-electron chi connectivity index (χ0n) is 12.4. The lowest BCUT2D eigenvalue weighted by Crippen LogP contribution is -2.56. The second-order valence-electron chi connectivity index (χ2n) is 6.39. The van der Waals surface area contributed by atoms with Gasteiger partial charge in [0.05, 0.1) is 5.60 Å². The third-order valence-electron chi connectivity index (χ3n) is 5.00. The maximum atomic E-state index is 12.3. The van der Waals surface area contributed by atoms with Crippen LogP contribution in [0.1, 0.15) is 37.7 Å². The highest BCUT2D eigenvalue weighted by Crippen LogP contribution is 2.39. The lowest BCUT2D eigenvalue weighted by atomic mass is 9.71. The van der Waals surface area contributed by atoms with Crippen molar-refractivity contribution in [1.82, 2.24) is 10.2 Å². The van der Waals surface area contributed by atoms with Gasteiger partial charge in [-0.3, -0.25) is 0 Å². The fourth-order valence-electron chi connectivity index (χ4n) is 3.64. The van der Waals surface area contributed by atoms with E-state index in [-0.39, 0.29) is 11.9 Å². The minimum atomic E-state index is -0.519. The van der Waals surface area contributed by atoms with E-state index in [1.54, 1.807) is 0 Å². The van der Waals surface area contributed by atoms with Gasteiger partial charge in [-0.1, -0.05) is 43.2 Å². The van der Waals surface area contributed by atoms with Gasteiger partial charge in [0.1, 0.15) is 0 Å². The number of hydrogen-bond acceptors (Lipinski definition) is 2. The Balaban J connectivity index is 1.54. The average Bonchev–Trinajstić information content (AvgIpc) is 2.52. The molecule has 2 amide bonds. The number of nitrogens with zero attached hydrogens (tertiary/aromatic N) is 1. The number of likely N-dealkylation sites (tertiary alicyclic amines) is 1. The number of carbonyl (C=O) groups is 1. The van der Waals surface area contributed by atoms with Gasteiger partial charge in [-0.25, -0.2) is 4.79 Å². The number of amides is 2. The minimum Gasteiger partial charge on any atom is -0.389 e. The lowest BCUT2D eigenvalue weighted by Gasteiger charge is -2.47. The van der Waals surface area contributed by atoms with Crippen LogP contribution in [0.15, 0.2) is 30.3 Å². The van der Waals surface area contributed by atoms with E-state index in [4.69, 9.17) is 0 Å². The average molecular weight is 288 g/mol. The maximum absolute atomic E-state index is 12.3. The number of hydrogen-bond donors (Lipinski definition) is 2. The van der Waals surface area contributed by atoms with Crippen LogP contribution in [-0.2, 0) is 6.54 Å². The molecule has 2 aliphatic rings. The molecule has 114 valence electrons. The third-order valence-corrected chi connectivity index (χ3v) is 5.00. The minimum absolute atomic E-state index is 0.00789.